The van der Waals surface area contributed by atoms with E-state index in [-0.39, 0.29) is 11.7 Å². The van der Waals surface area contributed by atoms with Crippen molar-refractivity contribution < 1.29 is 9.59 Å². The van der Waals surface area contributed by atoms with Crippen molar-refractivity contribution in [2.75, 3.05) is 0 Å². The third-order valence-electron chi connectivity index (χ3n) is 2.61. The second-order valence-electron chi connectivity index (χ2n) is 4.40. The fourth-order valence-corrected chi connectivity index (χ4v) is 1.68. The smallest absolute Gasteiger partial charge is 0.220 e. The molecule has 0 aromatic carbocycles. The molecule has 0 aliphatic carbocycles. The molecule has 0 saturated heterocycles. The highest BCUT2D eigenvalue weighted by Gasteiger charge is 2.11. The van der Waals surface area contributed by atoms with E-state index in [4.69, 9.17) is 0 Å². The number of carbonyl (C=O) groups excluding carboxylic acids is 2. The Hall–Kier alpha value is -0.860. The van der Waals surface area contributed by atoms with Crippen LogP contribution < -0.4 is 5.32 Å². The number of amides is 1. The Morgan fingerprint density at radius 3 is 2.25 bits per heavy atom. The summed E-state index contributed by atoms with van der Waals surface area (Å²) in [4.78, 5) is 22.3. The molecule has 0 radical (unpaired) electrons. The maximum Gasteiger partial charge on any atom is 0.220 e. The van der Waals surface area contributed by atoms with Crippen molar-refractivity contribution in [2.24, 2.45) is 0 Å². The van der Waals surface area contributed by atoms with E-state index in [0.29, 0.717) is 18.9 Å². The molecule has 1 unspecified atom stereocenters. The molecule has 0 saturated carbocycles. The molecule has 16 heavy (non-hydrogen) atoms. The summed E-state index contributed by atoms with van der Waals surface area (Å²) >= 11 is 0. The summed E-state index contributed by atoms with van der Waals surface area (Å²) in [6, 6.07) is 0.296. The summed E-state index contributed by atoms with van der Waals surface area (Å²) in [6.07, 6.45) is 6.17. The molecule has 0 spiro atoms. The summed E-state index contributed by atoms with van der Waals surface area (Å²) in [5, 5.41) is 3.02. The van der Waals surface area contributed by atoms with E-state index in [9.17, 15) is 9.59 Å². The molecule has 3 nitrogen and oxygen atoms in total. The highest BCUT2D eigenvalue weighted by molar-refractivity contribution is 5.83. The van der Waals surface area contributed by atoms with Crippen molar-refractivity contribution in [1.82, 2.24) is 5.32 Å². The molecule has 0 heterocycles. The third-order valence-corrected chi connectivity index (χ3v) is 2.61. The van der Waals surface area contributed by atoms with Gasteiger partial charge in [0, 0.05) is 18.9 Å². The van der Waals surface area contributed by atoms with E-state index in [0.717, 1.165) is 32.1 Å². The molecule has 0 bridgehead atoms. The molecule has 94 valence electrons. The van der Waals surface area contributed by atoms with Gasteiger partial charge in [-0.25, -0.2) is 0 Å². The first-order chi connectivity index (χ1) is 7.60. The lowest BCUT2D eigenvalue weighted by atomic mass is 10.0. The number of rotatable bonds is 9. The van der Waals surface area contributed by atoms with E-state index >= 15 is 0 Å². The van der Waals surface area contributed by atoms with E-state index in [1.165, 1.54) is 6.92 Å². The van der Waals surface area contributed by atoms with Gasteiger partial charge in [0.15, 0.2) is 0 Å². The molecule has 0 fully saturated rings. The second-order valence-corrected chi connectivity index (χ2v) is 4.40. The van der Waals surface area contributed by atoms with Gasteiger partial charge in [0.25, 0.3) is 0 Å². The molecule has 0 aromatic heterocycles. The standard InChI is InChI=1S/C13H25NO2/c1-4-6-8-12(7-5-2)14-13(16)10-9-11(3)15/h12H,4-10H2,1-3H3,(H,14,16). The zero-order valence-electron chi connectivity index (χ0n) is 10.8. The van der Waals surface area contributed by atoms with Gasteiger partial charge < -0.3 is 10.1 Å². The fraction of sp³-hybridized carbons (Fsp3) is 0.846. The summed E-state index contributed by atoms with van der Waals surface area (Å²) in [6.45, 7) is 5.80. The first kappa shape index (κ1) is 15.1. The Labute approximate surface area is 99.0 Å². The Morgan fingerprint density at radius 1 is 1.06 bits per heavy atom. The minimum atomic E-state index is 0.0183. The zero-order chi connectivity index (χ0) is 12.4. The second kappa shape index (κ2) is 9.37. The minimum Gasteiger partial charge on any atom is -0.353 e. The quantitative estimate of drug-likeness (QED) is 0.658. The van der Waals surface area contributed by atoms with Crippen LogP contribution in [0, 0.1) is 0 Å². The third kappa shape index (κ3) is 8.45. The highest BCUT2D eigenvalue weighted by atomic mass is 16.2. The first-order valence-corrected chi connectivity index (χ1v) is 6.38. The lowest BCUT2D eigenvalue weighted by molar-refractivity contribution is -0.125. The van der Waals surface area contributed by atoms with Crippen molar-refractivity contribution in [3.63, 3.8) is 0 Å². The van der Waals surface area contributed by atoms with Gasteiger partial charge >= 0.3 is 0 Å². The van der Waals surface area contributed by atoms with Crippen molar-refractivity contribution in [3.8, 4) is 0 Å². The molecule has 1 N–H and O–H groups in total. The van der Waals surface area contributed by atoms with E-state index < -0.39 is 0 Å². The number of nitrogens with one attached hydrogen (secondary N) is 1. The molecular formula is C13H25NO2. The number of hydrogen-bond acceptors (Lipinski definition) is 2. The van der Waals surface area contributed by atoms with Crippen LogP contribution in [0.5, 0.6) is 0 Å². The average Bonchev–Trinajstić information content (AvgIpc) is 2.23. The van der Waals surface area contributed by atoms with Gasteiger partial charge in [-0.2, -0.15) is 0 Å². The Kier molecular flexibility index (Phi) is 8.87. The van der Waals surface area contributed by atoms with Crippen LogP contribution in [0.25, 0.3) is 0 Å². The van der Waals surface area contributed by atoms with E-state index in [2.05, 4.69) is 19.2 Å². The monoisotopic (exact) mass is 227 g/mol. The van der Waals surface area contributed by atoms with Crippen LogP contribution in [-0.4, -0.2) is 17.7 Å². The summed E-state index contributed by atoms with van der Waals surface area (Å²) in [5.41, 5.74) is 0. The van der Waals surface area contributed by atoms with Crippen LogP contribution in [0.15, 0.2) is 0 Å². The number of hydrogen-bond donors (Lipinski definition) is 1. The summed E-state index contributed by atoms with van der Waals surface area (Å²) in [5.74, 6) is 0.0977. The molecule has 0 aliphatic rings. The van der Waals surface area contributed by atoms with Gasteiger partial charge in [0.05, 0.1) is 0 Å². The molecule has 0 aromatic rings. The van der Waals surface area contributed by atoms with Crippen molar-refractivity contribution in [1.29, 1.82) is 0 Å². The van der Waals surface area contributed by atoms with Crippen LogP contribution in [0.3, 0.4) is 0 Å². The van der Waals surface area contributed by atoms with Crippen LogP contribution in [0.4, 0.5) is 0 Å². The van der Waals surface area contributed by atoms with Crippen LogP contribution in [0.2, 0.25) is 0 Å². The van der Waals surface area contributed by atoms with Gasteiger partial charge in [0.2, 0.25) is 5.91 Å². The van der Waals surface area contributed by atoms with Crippen LogP contribution >= 0.6 is 0 Å². The van der Waals surface area contributed by atoms with Crippen LogP contribution in [-0.2, 0) is 9.59 Å². The predicted octanol–water partition coefficient (Wildman–Crippen LogP) is 2.83. The maximum absolute atomic E-state index is 11.5. The normalized spacial score (nSPS) is 12.2. The Morgan fingerprint density at radius 2 is 1.75 bits per heavy atom. The van der Waals surface area contributed by atoms with Gasteiger partial charge in [-0.1, -0.05) is 33.1 Å². The van der Waals surface area contributed by atoms with E-state index in [1.807, 2.05) is 0 Å². The number of carbonyl (C=O) groups is 2. The summed E-state index contributed by atoms with van der Waals surface area (Å²) in [7, 11) is 0. The maximum atomic E-state index is 11.5. The van der Waals surface area contributed by atoms with E-state index in [1.54, 1.807) is 0 Å². The minimum absolute atomic E-state index is 0.0183. The first-order valence-electron chi connectivity index (χ1n) is 6.38. The number of ketones is 1. The van der Waals surface area contributed by atoms with Crippen molar-refractivity contribution in [3.05, 3.63) is 0 Å². The topological polar surface area (TPSA) is 46.2 Å². The average molecular weight is 227 g/mol. The lowest BCUT2D eigenvalue weighted by Gasteiger charge is -2.17. The molecular weight excluding hydrogens is 202 g/mol. The van der Waals surface area contributed by atoms with Gasteiger partial charge in [-0.15, -0.1) is 0 Å². The molecule has 1 amide bonds. The SMILES string of the molecule is CCCCC(CCC)NC(=O)CCC(C)=O. The molecule has 0 rings (SSSR count). The van der Waals surface area contributed by atoms with Gasteiger partial charge in [0.1, 0.15) is 5.78 Å². The Bertz CT molecular complexity index is 214. The highest BCUT2D eigenvalue weighted by Crippen LogP contribution is 2.07. The molecule has 0 aliphatic heterocycles. The fourth-order valence-electron chi connectivity index (χ4n) is 1.68. The van der Waals surface area contributed by atoms with Crippen LogP contribution in [0.1, 0.15) is 65.7 Å². The number of unbranched alkanes of at least 4 members (excludes halogenated alkanes) is 1. The molecule has 1 atom stereocenters. The predicted molar refractivity (Wildman–Crippen MR) is 66.3 cm³/mol. The van der Waals surface area contributed by atoms with Crippen molar-refractivity contribution >= 4 is 11.7 Å². The number of Topliss-reactive ketones (excluding diaryl/α,β-unsaturated/α-hetero) is 1. The van der Waals surface area contributed by atoms with Gasteiger partial charge in [-0.3, -0.25) is 4.79 Å². The largest absolute Gasteiger partial charge is 0.353 e. The van der Waals surface area contributed by atoms with Crippen molar-refractivity contribution in [2.45, 2.75) is 71.8 Å². The van der Waals surface area contributed by atoms with Gasteiger partial charge in [-0.05, 0) is 19.8 Å². The Balaban J connectivity index is 3.86. The zero-order valence-corrected chi connectivity index (χ0v) is 10.8. The lowest BCUT2D eigenvalue weighted by Crippen LogP contribution is -2.34. The molecule has 3 heteroatoms. The summed E-state index contributed by atoms with van der Waals surface area (Å²) < 4.78 is 0.